The predicted octanol–water partition coefficient (Wildman–Crippen LogP) is 1.47. The minimum Gasteiger partial charge on any atom is -0.486 e. The lowest BCUT2D eigenvalue weighted by Crippen LogP contribution is -2.19. The zero-order chi connectivity index (χ0) is 11.5. The summed E-state index contributed by atoms with van der Waals surface area (Å²) in [7, 11) is 1.80. The Hall–Kier alpha value is -0.780. The van der Waals surface area contributed by atoms with Crippen molar-refractivity contribution in [2.24, 2.45) is 0 Å². The first-order chi connectivity index (χ1) is 7.74. The Labute approximate surface area is 103 Å². The summed E-state index contributed by atoms with van der Waals surface area (Å²) < 4.78 is 11.7. The van der Waals surface area contributed by atoms with Crippen molar-refractivity contribution in [2.75, 3.05) is 26.8 Å². The summed E-state index contributed by atoms with van der Waals surface area (Å²) in [5, 5.41) is 12.8. The Morgan fingerprint density at radius 3 is 2.94 bits per heavy atom. The van der Waals surface area contributed by atoms with Gasteiger partial charge in [0.1, 0.15) is 13.2 Å². The second kappa shape index (κ2) is 5.03. The Morgan fingerprint density at radius 2 is 2.19 bits per heavy atom. The minimum absolute atomic E-state index is 0.498. The van der Waals surface area contributed by atoms with E-state index in [9.17, 15) is 5.11 Å². The summed E-state index contributed by atoms with van der Waals surface area (Å²) in [5.74, 6) is 1.40. The molecule has 1 unspecified atom stereocenters. The SMILES string of the molecule is CNCC(O)c1ccc2c(c1Br)OCCO2. The maximum absolute atomic E-state index is 9.91. The van der Waals surface area contributed by atoms with E-state index in [1.165, 1.54) is 0 Å². The van der Waals surface area contributed by atoms with Gasteiger partial charge in [-0.25, -0.2) is 0 Å². The molecule has 0 bridgehead atoms. The van der Waals surface area contributed by atoms with E-state index in [-0.39, 0.29) is 0 Å². The molecule has 1 aromatic carbocycles. The standard InChI is InChI=1S/C11H14BrNO3/c1-13-6-8(14)7-2-3-9-11(10(7)12)16-5-4-15-9/h2-3,8,13-14H,4-6H2,1H3. The van der Waals surface area contributed by atoms with Gasteiger partial charge in [0.05, 0.1) is 10.6 Å². The molecule has 0 saturated heterocycles. The maximum atomic E-state index is 9.91. The molecule has 1 aliphatic rings. The minimum atomic E-state index is -0.560. The van der Waals surface area contributed by atoms with Crippen LogP contribution in [0.1, 0.15) is 11.7 Å². The van der Waals surface area contributed by atoms with E-state index in [1.54, 1.807) is 7.05 Å². The van der Waals surface area contributed by atoms with Crippen molar-refractivity contribution in [1.29, 1.82) is 0 Å². The van der Waals surface area contributed by atoms with Crippen LogP contribution in [0.25, 0.3) is 0 Å². The van der Waals surface area contributed by atoms with Gasteiger partial charge in [0.2, 0.25) is 0 Å². The maximum Gasteiger partial charge on any atom is 0.175 e. The number of aliphatic hydroxyl groups is 1. The summed E-state index contributed by atoms with van der Waals surface area (Å²) in [6.07, 6.45) is -0.560. The van der Waals surface area contributed by atoms with Crippen molar-refractivity contribution in [3.63, 3.8) is 0 Å². The zero-order valence-corrected chi connectivity index (χ0v) is 10.6. The van der Waals surface area contributed by atoms with Crippen molar-refractivity contribution in [1.82, 2.24) is 5.32 Å². The summed E-state index contributed by atoms with van der Waals surface area (Å²) in [6, 6.07) is 3.67. The van der Waals surface area contributed by atoms with Crippen molar-refractivity contribution < 1.29 is 14.6 Å². The molecule has 5 heteroatoms. The zero-order valence-electron chi connectivity index (χ0n) is 9.00. The van der Waals surface area contributed by atoms with E-state index >= 15 is 0 Å². The Morgan fingerprint density at radius 1 is 1.44 bits per heavy atom. The molecule has 4 nitrogen and oxygen atoms in total. The van der Waals surface area contributed by atoms with Crippen molar-refractivity contribution >= 4 is 15.9 Å². The van der Waals surface area contributed by atoms with Crippen molar-refractivity contribution in [3.8, 4) is 11.5 Å². The van der Waals surface area contributed by atoms with Gasteiger partial charge in [0.25, 0.3) is 0 Å². The number of nitrogens with one attached hydrogen (secondary N) is 1. The largest absolute Gasteiger partial charge is 0.486 e. The summed E-state index contributed by atoms with van der Waals surface area (Å²) in [6.45, 7) is 1.60. The molecule has 0 aliphatic carbocycles. The molecule has 1 heterocycles. The summed E-state index contributed by atoms with van der Waals surface area (Å²) in [4.78, 5) is 0. The molecular weight excluding hydrogens is 274 g/mol. The van der Waals surface area contributed by atoms with Crippen LogP contribution in [0.3, 0.4) is 0 Å². The molecule has 2 N–H and O–H groups in total. The number of likely N-dealkylation sites (N-methyl/N-ethyl adjacent to an activating group) is 1. The first-order valence-electron chi connectivity index (χ1n) is 5.14. The highest BCUT2D eigenvalue weighted by Gasteiger charge is 2.20. The highest BCUT2D eigenvalue weighted by atomic mass is 79.9. The van der Waals surface area contributed by atoms with Gasteiger partial charge in [-0.2, -0.15) is 0 Å². The monoisotopic (exact) mass is 287 g/mol. The van der Waals surface area contributed by atoms with Gasteiger partial charge < -0.3 is 19.9 Å². The number of benzene rings is 1. The van der Waals surface area contributed by atoms with Gasteiger partial charge in [0.15, 0.2) is 11.5 Å². The van der Waals surface area contributed by atoms with Crippen LogP contribution in [-0.4, -0.2) is 31.9 Å². The average Bonchev–Trinajstić information content (AvgIpc) is 2.30. The molecule has 1 aliphatic heterocycles. The van der Waals surface area contributed by atoms with Gasteiger partial charge in [-0.3, -0.25) is 0 Å². The second-order valence-electron chi connectivity index (χ2n) is 3.57. The smallest absolute Gasteiger partial charge is 0.175 e. The number of ether oxygens (including phenoxy) is 2. The number of halogens is 1. The molecule has 1 atom stereocenters. The third-order valence-corrected chi connectivity index (χ3v) is 3.25. The number of aliphatic hydroxyl groups excluding tert-OH is 1. The third-order valence-electron chi connectivity index (χ3n) is 2.43. The second-order valence-corrected chi connectivity index (χ2v) is 4.36. The van der Waals surface area contributed by atoms with Crippen LogP contribution in [0, 0.1) is 0 Å². The lowest BCUT2D eigenvalue weighted by atomic mass is 10.1. The number of fused-ring (bicyclic) bond motifs is 1. The van der Waals surface area contributed by atoms with E-state index in [0.29, 0.717) is 25.5 Å². The lowest BCUT2D eigenvalue weighted by molar-refractivity contribution is 0.162. The normalized spacial score (nSPS) is 15.9. The number of hydrogen-bond acceptors (Lipinski definition) is 4. The molecule has 0 aromatic heterocycles. The van der Waals surface area contributed by atoms with Gasteiger partial charge in [-0.1, -0.05) is 6.07 Å². The van der Waals surface area contributed by atoms with Gasteiger partial charge in [0, 0.05) is 6.54 Å². The summed E-state index contributed by atoms with van der Waals surface area (Å²) >= 11 is 3.44. The molecule has 0 spiro atoms. The topological polar surface area (TPSA) is 50.7 Å². The fourth-order valence-electron chi connectivity index (χ4n) is 1.66. The molecule has 0 amide bonds. The first kappa shape index (κ1) is 11.7. The molecule has 1 aromatic rings. The first-order valence-corrected chi connectivity index (χ1v) is 5.94. The third kappa shape index (κ3) is 2.16. The van der Waals surface area contributed by atoms with E-state index in [0.717, 1.165) is 15.8 Å². The van der Waals surface area contributed by atoms with Gasteiger partial charge >= 0.3 is 0 Å². The molecule has 0 saturated carbocycles. The van der Waals surface area contributed by atoms with E-state index in [2.05, 4.69) is 21.2 Å². The Bertz CT molecular complexity index is 384. The molecular formula is C11H14BrNO3. The summed E-state index contributed by atoms with van der Waals surface area (Å²) in [5.41, 5.74) is 0.804. The van der Waals surface area contributed by atoms with E-state index < -0.39 is 6.10 Å². The van der Waals surface area contributed by atoms with E-state index in [1.807, 2.05) is 12.1 Å². The molecule has 88 valence electrons. The van der Waals surface area contributed by atoms with Crippen molar-refractivity contribution in [3.05, 3.63) is 22.2 Å². The fourth-order valence-corrected chi connectivity index (χ4v) is 2.36. The van der Waals surface area contributed by atoms with Gasteiger partial charge in [-0.15, -0.1) is 0 Å². The van der Waals surface area contributed by atoms with Crippen LogP contribution in [0.5, 0.6) is 11.5 Å². The van der Waals surface area contributed by atoms with Crippen molar-refractivity contribution in [2.45, 2.75) is 6.10 Å². The fraction of sp³-hybridized carbons (Fsp3) is 0.455. The predicted molar refractivity (Wildman–Crippen MR) is 64.0 cm³/mol. The van der Waals surface area contributed by atoms with Crippen LogP contribution in [0.4, 0.5) is 0 Å². The van der Waals surface area contributed by atoms with Gasteiger partial charge in [-0.05, 0) is 34.6 Å². The number of rotatable bonds is 3. The molecule has 2 rings (SSSR count). The molecule has 16 heavy (non-hydrogen) atoms. The van der Waals surface area contributed by atoms with Crippen LogP contribution in [-0.2, 0) is 0 Å². The Kier molecular flexibility index (Phi) is 3.68. The van der Waals surface area contributed by atoms with Crippen LogP contribution in [0.2, 0.25) is 0 Å². The molecule has 0 fully saturated rings. The highest BCUT2D eigenvalue weighted by molar-refractivity contribution is 9.10. The Balaban J connectivity index is 2.33. The number of hydrogen-bond donors (Lipinski definition) is 2. The average molecular weight is 288 g/mol. The quantitative estimate of drug-likeness (QED) is 0.884. The highest BCUT2D eigenvalue weighted by Crippen LogP contribution is 2.41. The lowest BCUT2D eigenvalue weighted by Gasteiger charge is -2.22. The van der Waals surface area contributed by atoms with Crippen LogP contribution >= 0.6 is 15.9 Å². The van der Waals surface area contributed by atoms with E-state index in [4.69, 9.17) is 9.47 Å². The van der Waals surface area contributed by atoms with Crippen LogP contribution < -0.4 is 14.8 Å². The van der Waals surface area contributed by atoms with Crippen LogP contribution in [0.15, 0.2) is 16.6 Å². The molecule has 0 radical (unpaired) electrons.